The highest BCUT2D eigenvalue weighted by Crippen LogP contribution is 2.06. The van der Waals surface area contributed by atoms with Crippen molar-refractivity contribution >= 4 is 0 Å². The quantitative estimate of drug-likeness (QED) is 0.615. The van der Waals surface area contributed by atoms with E-state index in [9.17, 15) is 0 Å². The third-order valence-electron chi connectivity index (χ3n) is 1.96. The lowest BCUT2D eigenvalue weighted by Gasteiger charge is -2.25. The Morgan fingerprint density at radius 2 is 2.00 bits per heavy atom. The van der Waals surface area contributed by atoms with Gasteiger partial charge in [0.25, 0.3) is 0 Å². The first kappa shape index (κ1) is 12.7. The van der Waals surface area contributed by atoms with Crippen LogP contribution in [0.25, 0.3) is 0 Å². The van der Waals surface area contributed by atoms with Crippen LogP contribution in [0.15, 0.2) is 12.2 Å². The molecule has 78 valence electrons. The van der Waals surface area contributed by atoms with E-state index in [1.165, 1.54) is 5.57 Å². The highest BCUT2D eigenvalue weighted by Gasteiger charge is 2.16. The number of hydrogen-bond donors (Lipinski definition) is 1. The molecule has 0 aromatic heterocycles. The van der Waals surface area contributed by atoms with Gasteiger partial charge >= 0.3 is 0 Å². The van der Waals surface area contributed by atoms with Crippen molar-refractivity contribution in [3.8, 4) is 0 Å². The van der Waals surface area contributed by atoms with E-state index in [0.717, 1.165) is 26.1 Å². The molecule has 1 N–H and O–H groups in total. The first-order valence-corrected chi connectivity index (χ1v) is 5.03. The summed E-state index contributed by atoms with van der Waals surface area (Å²) in [5.74, 6) is 0. The molecule has 0 bridgehead atoms. The smallest absolute Gasteiger partial charge is 0.0750 e. The zero-order valence-electron chi connectivity index (χ0n) is 9.44. The Morgan fingerprint density at radius 3 is 2.46 bits per heavy atom. The van der Waals surface area contributed by atoms with Gasteiger partial charge in [-0.1, -0.05) is 19.1 Å². The molecule has 0 aliphatic rings. The molecule has 0 radical (unpaired) electrons. The predicted molar refractivity (Wildman–Crippen MR) is 58.0 cm³/mol. The van der Waals surface area contributed by atoms with Crippen LogP contribution in [0.5, 0.6) is 0 Å². The summed E-state index contributed by atoms with van der Waals surface area (Å²) in [7, 11) is 0. The van der Waals surface area contributed by atoms with Gasteiger partial charge < -0.3 is 10.1 Å². The van der Waals surface area contributed by atoms with E-state index in [1.807, 2.05) is 6.92 Å². The Morgan fingerprint density at radius 1 is 1.38 bits per heavy atom. The molecular formula is C11H23NO. The topological polar surface area (TPSA) is 21.3 Å². The van der Waals surface area contributed by atoms with Crippen molar-refractivity contribution in [2.45, 2.75) is 39.7 Å². The second-order valence-corrected chi connectivity index (χ2v) is 3.90. The summed E-state index contributed by atoms with van der Waals surface area (Å²) in [5, 5.41) is 3.34. The standard InChI is InChI=1S/C11H23NO/c1-6-10(3)8-12-9-11(4,5)13-7-2/h12H,3,6-9H2,1-2,4-5H3. The number of ether oxygens (including phenoxy) is 1. The number of hydrogen-bond acceptors (Lipinski definition) is 2. The van der Waals surface area contributed by atoms with Gasteiger partial charge in [0.15, 0.2) is 0 Å². The van der Waals surface area contributed by atoms with E-state index in [2.05, 4.69) is 32.7 Å². The van der Waals surface area contributed by atoms with Crippen molar-refractivity contribution in [1.29, 1.82) is 0 Å². The summed E-state index contributed by atoms with van der Waals surface area (Å²) in [6.07, 6.45) is 1.04. The van der Waals surface area contributed by atoms with Crippen LogP contribution < -0.4 is 5.32 Å². The van der Waals surface area contributed by atoms with Crippen LogP contribution in [-0.2, 0) is 4.74 Å². The molecule has 0 aliphatic heterocycles. The fourth-order valence-corrected chi connectivity index (χ4v) is 1.11. The summed E-state index contributed by atoms with van der Waals surface area (Å²) >= 11 is 0. The van der Waals surface area contributed by atoms with Gasteiger partial charge in [0.1, 0.15) is 0 Å². The van der Waals surface area contributed by atoms with Crippen molar-refractivity contribution in [2.24, 2.45) is 0 Å². The molecule has 0 unspecified atom stereocenters. The predicted octanol–water partition coefficient (Wildman–Crippen LogP) is 2.36. The summed E-state index contributed by atoms with van der Waals surface area (Å²) in [4.78, 5) is 0. The maximum absolute atomic E-state index is 5.55. The van der Waals surface area contributed by atoms with E-state index in [4.69, 9.17) is 4.74 Å². The highest BCUT2D eigenvalue weighted by atomic mass is 16.5. The van der Waals surface area contributed by atoms with Crippen LogP contribution in [0, 0.1) is 0 Å². The Kier molecular flexibility index (Phi) is 6.00. The maximum Gasteiger partial charge on any atom is 0.0750 e. The SMILES string of the molecule is C=C(CC)CNCC(C)(C)OCC. The van der Waals surface area contributed by atoms with Crippen molar-refractivity contribution in [2.75, 3.05) is 19.7 Å². The molecule has 0 atom stereocenters. The molecule has 0 aliphatic carbocycles. The van der Waals surface area contributed by atoms with E-state index in [-0.39, 0.29) is 5.60 Å². The largest absolute Gasteiger partial charge is 0.375 e. The van der Waals surface area contributed by atoms with Gasteiger partial charge in [-0.05, 0) is 27.2 Å². The van der Waals surface area contributed by atoms with Crippen LogP contribution >= 0.6 is 0 Å². The van der Waals surface area contributed by atoms with Gasteiger partial charge in [0, 0.05) is 19.7 Å². The third-order valence-corrected chi connectivity index (χ3v) is 1.96. The van der Waals surface area contributed by atoms with Crippen LogP contribution in [0.2, 0.25) is 0 Å². The van der Waals surface area contributed by atoms with Gasteiger partial charge in [-0.15, -0.1) is 0 Å². The molecule has 0 spiro atoms. The molecule has 13 heavy (non-hydrogen) atoms. The summed E-state index contributed by atoms with van der Waals surface area (Å²) < 4.78 is 5.55. The van der Waals surface area contributed by atoms with E-state index < -0.39 is 0 Å². The summed E-state index contributed by atoms with van der Waals surface area (Å²) in [6.45, 7) is 14.8. The van der Waals surface area contributed by atoms with Crippen molar-refractivity contribution in [3.63, 3.8) is 0 Å². The minimum atomic E-state index is -0.0667. The molecule has 2 heteroatoms. The Bertz CT molecular complexity index is 152. The van der Waals surface area contributed by atoms with Gasteiger partial charge in [-0.2, -0.15) is 0 Å². The molecule has 0 heterocycles. The normalized spacial score (nSPS) is 11.7. The maximum atomic E-state index is 5.55. The molecule has 0 saturated carbocycles. The lowest BCUT2D eigenvalue weighted by molar-refractivity contribution is -0.00823. The van der Waals surface area contributed by atoms with Gasteiger partial charge in [0.05, 0.1) is 5.60 Å². The first-order valence-electron chi connectivity index (χ1n) is 5.03. The number of nitrogens with one attached hydrogen (secondary N) is 1. The zero-order valence-corrected chi connectivity index (χ0v) is 9.44. The Hall–Kier alpha value is -0.340. The lowest BCUT2D eigenvalue weighted by Crippen LogP contribution is -2.38. The Labute approximate surface area is 82.4 Å². The van der Waals surface area contributed by atoms with Crippen LogP contribution in [-0.4, -0.2) is 25.3 Å². The van der Waals surface area contributed by atoms with Crippen LogP contribution in [0.3, 0.4) is 0 Å². The zero-order chi connectivity index (χ0) is 10.3. The number of rotatable bonds is 7. The molecule has 2 nitrogen and oxygen atoms in total. The molecule has 0 aromatic carbocycles. The molecular weight excluding hydrogens is 162 g/mol. The molecule has 0 fully saturated rings. The van der Waals surface area contributed by atoms with Crippen molar-refractivity contribution in [3.05, 3.63) is 12.2 Å². The monoisotopic (exact) mass is 185 g/mol. The highest BCUT2D eigenvalue weighted by molar-refractivity contribution is 4.95. The van der Waals surface area contributed by atoms with Gasteiger partial charge in [-0.3, -0.25) is 0 Å². The lowest BCUT2D eigenvalue weighted by atomic mass is 10.1. The van der Waals surface area contributed by atoms with Crippen LogP contribution in [0.1, 0.15) is 34.1 Å². The van der Waals surface area contributed by atoms with Crippen LogP contribution in [0.4, 0.5) is 0 Å². The fraction of sp³-hybridized carbons (Fsp3) is 0.818. The molecule has 0 amide bonds. The average Bonchev–Trinajstić information content (AvgIpc) is 2.03. The fourth-order valence-electron chi connectivity index (χ4n) is 1.11. The van der Waals surface area contributed by atoms with Crippen molar-refractivity contribution in [1.82, 2.24) is 5.32 Å². The second-order valence-electron chi connectivity index (χ2n) is 3.90. The van der Waals surface area contributed by atoms with E-state index in [1.54, 1.807) is 0 Å². The second kappa shape index (κ2) is 6.17. The minimum absolute atomic E-state index is 0.0667. The first-order chi connectivity index (χ1) is 6.02. The molecule has 0 rings (SSSR count). The van der Waals surface area contributed by atoms with Gasteiger partial charge in [-0.25, -0.2) is 0 Å². The van der Waals surface area contributed by atoms with E-state index in [0.29, 0.717) is 0 Å². The third kappa shape index (κ3) is 6.79. The summed E-state index contributed by atoms with van der Waals surface area (Å²) in [5.41, 5.74) is 1.18. The molecule has 0 aromatic rings. The Balaban J connectivity index is 3.56. The summed E-state index contributed by atoms with van der Waals surface area (Å²) in [6, 6.07) is 0. The van der Waals surface area contributed by atoms with Crippen molar-refractivity contribution < 1.29 is 4.74 Å². The van der Waals surface area contributed by atoms with E-state index >= 15 is 0 Å². The average molecular weight is 185 g/mol. The minimum Gasteiger partial charge on any atom is -0.375 e. The molecule has 0 saturated heterocycles. The van der Waals surface area contributed by atoms with Gasteiger partial charge in [0.2, 0.25) is 0 Å².